The molecule has 0 saturated carbocycles. The average molecular weight is 344 g/mol. The molecular formula is C14H15BrFNOS. The lowest BCUT2D eigenvalue weighted by molar-refractivity contribution is 0.207. The summed E-state index contributed by atoms with van der Waals surface area (Å²) in [6.07, 6.45) is -0.0937. The van der Waals surface area contributed by atoms with Crippen LogP contribution in [-0.2, 0) is 6.54 Å². The summed E-state index contributed by atoms with van der Waals surface area (Å²) >= 11 is 5.02. The molecule has 0 fully saturated rings. The van der Waals surface area contributed by atoms with Crippen molar-refractivity contribution < 1.29 is 9.13 Å². The van der Waals surface area contributed by atoms with E-state index >= 15 is 0 Å². The molecule has 2 aromatic rings. The molecule has 102 valence electrons. The molecule has 2 nitrogen and oxygen atoms in total. The van der Waals surface area contributed by atoms with Gasteiger partial charge < -0.3 is 10.1 Å². The van der Waals surface area contributed by atoms with Crippen LogP contribution in [0.3, 0.4) is 0 Å². The Balaban J connectivity index is 1.80. The van der Waals surface area contributed by atoms with Gasteiger partial charge in [0, 0.05) is 22.4 Å². The molecule has 1 atom stereocenters. The predicted molar refractivity (Wildman–Crippen MR) is 80.2 cm³/mol. The van der Waals surface area contributed by atoms with Crippen molar-refractivity contribution in [3.8, 4) is 5.75 Å². The van der Waals surface area contributed by atoms with Gasteiger partial charge in [0.15, 0.2) is 11.6 Å². The van der Waals surface area contributed by atoms with Crippen LogP contribution in [0.1, 0.15) is 11.8 Å². The van der Waals surface area contributed by atoms with Crippen molar-refractivity contribution in [2.75, 3.05) is 6.54 Å². The second-order valence-corrected chi connectivity index (χ2v) is 6.16. The predicted octanol–water partition coefficient (Wildman–Crippen LogP) is 4.21. The van der Waals surface area contributed by atoms with Gasteiger partial charge in [-0.1, -0.05) is 22.0 Å². The van der Waals surface area contributed by atoms with E-state index < -0.39 is 0 Å². The van der Waals surface area contributed by atoms with E-state index in [0.717, 1.165) is 11.0 Å². The molecule has 5 heteroatoms. The first-order valence-electron chi connectivity index (χ1n) is 6.00. The third-order valence-corrected chi connectivity index (χ3v) is 3.90. The van der Waals surface area contributed by atoms with E-state index in [9.17, 15) is 4.39 Å². The van der Waals surface area contributed by atoms with E-state index in [2.05, 4.69) is 27.3 Å². The van der Waals surface area contributed by atoms with E-state index in [0.29, 0.717) is 6.54 Å². The fraction of sp³-hybridized carbons (Fsp3) is 0.286. The Morgan fingerprint density at radius 2 is 2.26 bits per heavy atom. The zero-order valence-electron chi connectivity index (χ0n) is 10.5. The number of ether oxygens (including phenoxy) is 1. The van der Waals surface area contributed by atoms with Crippen molar-refractivity contribution in [1.82, 2.24) is 5.32 Å². The second-order valence-electron chi connectivity index (χ2n) is 4.21. The van der Waals surface area contributed by atoms with Crippen molar-refractivity contribution >= 4 is 27.3 Å². The monoisotopic (exact) mass is 343 g/mol. The summed E-state index contributed by atoms with van der Waals surface area (Å²) in [7, 11) is 0. The third-order valence-electron chi connectivity index (χ3n) is 2.53. The van der Waals surface area contributed by atoms with Gasteiger partial charge in [0.05, 0.1) is 0 Å². The molecule has 0 aliphatic heterocycles. The minimum absolute atomic E-state index is 0.0937. The first kappa shape index (κ1) is 14.5. The Morgan fingerprint density at radius 3 is 3.00 bits per heavy atom. The van der Waals surface area contributed by atoms with E-state index in [1.807, 2.05) is 18.4 Å². The van der Waals surface area contributed by atoms with Crippen LogP contribution in [-0.4, -0.2) is 12.6 Å². The van der Waals surface area contributed by atoms with Crippen molar-refractivity contribution in [2.24, 2.45) is 0 Å². The molecule has 19 heavy (non-hydrogen) atoms. The second kappa shape index (κ2) is 7.03. The zero-order chi connectivity index (χ0) is 13.7. The summed E-state index contributed by atoms with van der Waals surface area (Å²) < 4.78 is 19.9. The van der Waals surface area contributed by atoms with Gasteiger partial charge in [0.25, 0.3) is 0 Å². The van der Waals surface area contributed by atoms with Crippen LogP contribution in [0.5, 0.6) is 5.75 Å². The topological polar surface area (TPSA) is 21.3 Å². The number of hydrogen-bond acceptors (Lipinski definition) is 3. The lowest BCUT2D eigenvalue weighted by Crippen LogP contribution is -2.28. The molecule has 0 aliphatic carbocycles. The maximum atomic E-state index is 13.5. The smallest absolute Gasteiger partial charge is 0.165 e. The highest BCUT2D eigenvalue weighted by atomic mass is 79.9. The van der Waals surface area contributed by atoms with E-state index in [-0.39, 0.29) is 17.7 Å². The molecular weight excluding hydrogens is 329 g/mol. The fourth-order valence-corrected chi connectivity index (χ4v) is 2.65. The molecule has 1 N–H and O–H groups in total. The van der Waals surface area contributed by atoms with Gasteiger partial charge in [0.2, 0.25) is 0 Å². The number of rotatable bonds is 6. The molecule has 1 heterocycles. The normalized spacial score (nSPS) is 12.4. The zero-order valence-corrected chi connectivity index (χ0v) is 12.9. The van der Waals surface area contributed by atoms with Gasteiger partial charge in [-0.25, -0.2) is 4.39 Å². The van der Waals surface area contributed by atoms with Crippen LogP contribution in [0, 0.1) is 5.82 Å². The standard InChI is InChI=1S/C14H15BrFNOS/c1-10(8-17-9-12-3-2-6-19-12)18-14-7-11(15)4-5-13(14)16/h2-7,10,17H,8-9H2,1H3. The van der Waals surface area contributed by atoms with E-state index in [4.69, 9.17) is 4.74 Å². The maximum absolute atomic E-state index is 13.5. The lowest BCUT2D eigenvalue weighted by atomic mass is 10.3. The molecule has 2 rings (SSSR count). The van der Waals surface area contributed by atoms with Gasteiger partial charge in [0.1, 0.15) is 6.10 Å². The third kappa shape index (κ3) is 4.60. The number of halogens is 2. The van der Waals surface area contributed by atoms with Gasteiger partial charge in [-0.3, -0.25) is 0 Å². The average Bonchev–Trinajstić information content (AvgIpc) is 2.87. The van der Waals surface area contributed by atoms with Crippen molar-refractivity contribution in [2.45, 2.75) is 19.6 Å². The number of thiophene rings is 1. The minimum Gasteiger partial charge on any atom is -0.486 e. The Kier molecular flexibility index (Phi) is 5.36. The van der Waals surface area contributed by atoms with Crippen LogP contribution in [0.15, 0.2) is 40.2 Å². The molecule has 0 bridgehead atoms. The van der Waals surface area contributed by atoms with Crippen molar-refractivity contribution in [3.05, 3.63) is 50.9 Å². The summed E-state index contributed by atoms with van der Waals surface area (Å²) in [5, 5.41) is 5.34. The Labute approximate surface area is 124 Å². The molecule has 1 aromatic carbocycles. The van der Waals surface area contributed by atoms with Crippen molar-refractivity contribution in [3.63, 3.8) is 0 Å². The van der Waals surface area contributed by atoms with E-state index in [1.54, 1.807) is 23.5 Å². The largest absolute Gasteiger partial charge is 0.486 e. The van der Waals surface area contributed by atoms with Crippen LogP contribution >= 0.6 is 27.3 Å². The quantitative estimate of drug-likeness (QED) is 0.848. The molecule has 0 aliphatic rings. The first-order chi connectivity index (χ1) is 9.15. The molecule has 0 amide bonds. The summed E-state index contributed by atoms with van der Waals surface area (Å²) in [4.78, 5) is 1.28. The lowest BCUT2D eigenvalue weighted by Gasteiger charge is -2.16. The molecule has 0 radical (unpaired) electrons. The first-order valence-corrected chi connectivity index (χ1v) is 7.67. The number of nitrogens with one attached hydrogen (secondary N) is 1. The van der Waals surface area contributed by atoms with Crippen molar-refractivity contribution in [1.29, 1.82) is 0 Å². The highest BCUT2D eigenvalue weighted by molar-refractivity contribution is 9.10. The Morgan fingerprint density at radius 1 is 1.42 bits per heavy atom. The Hall–Kier alpha value is -0.910. The fourth-order valence-electron chi connectivity index (χ4n) is 1.64. The Bertz CT molecular complexity index is 518. The summed E-state index contributed by atoms with van der Waals surface area (Å²) in [5.74, 6) is -0.0619. The van der Waals surface area contributed by atoms with Gasteiger partial charge in [-0.2, -0.15) is 0 Å². The SMILES string of the molecule is CC(CNCc1cccs1)Oc1cc(Br)ccc1F. The molecule has 1 aromatic heterocycles. The highest BCUT2D eigenvalue weighted by Crippen LogP contribution is 2.23. The number of benzene rings is 1. The van der Waals surface area contributed by atoms with Gasteiger partial charge in [-0.05, 0) is 36.6 Å². The molecule has 0 spiro atoms. The van der Waals surface area contributed by atoms with Crippen LogP contribution < -0.4 is 10.1 Å². The van der Waals surface area contributed by atoms with Crippen LogP contribution in [0.25, 0.3) is 0 Å². The summed E-state index contributed by atoms with van der Waals surface area (Å²) in [6.45, 7) is 3.40. The summed E-state index contributed by atoms with van der Waals surface area (Å²) in [6, 6.07) is 8.80. The highest BCUT2D eigenvalue weighted by Gasteiger charge is 2.09. The minimum atomic E-state index is -0.340. The molecule has 0 saturated heterocycles. The maximum Gasteiger partial charge on any atom is 0.165 e. The van der Waals surface area contributed by atoms with Crippen LogP contribution in [0.4, 0.5) is 4.39 Å². The van der Waals surface area contributed by atoms with E-state index in [1.165, 1.54) is 10.9 Å². The van der Waals surface area contributed by atoms with Gasteiger partial charge in [-0.15, -0.1) is 11.3 Å². The molecule has 1 unspecified atom stereocenters. The van der Waals surface area contributed by atoms with Crippen LogP contribution in [0.2, 0.25) is 0 Å². The number of hydrogen-bond donors (Lipinski definition) is 1. The summed E-state index contributed by atoms with van der Waals surface area (Å²) in [5.41, 5.74) is 0. The van der Waals surface area contributed by atoms with Gasteiger partial charge >= 0.3 is 0 Å².